The van der Waals surface area contributed by atoms with Gasteiger partial charge in [0.1, 0.15) is 17.7 Å². The van der Waals surface area contributed by atoms with Gasteiger partial charge in [-0.3, -0.25) is 4.99 Å². The van der Waals surface area contributed by atoms with Gasteiger partial charge in [-0.25, -0.2) is 4.99 Å². The van der Waals surface area contributed by atoms with E-state index in [9.17, 15) is 0 Å². The minimum Gasteiger partial charge on any atom is -0.457 e. The molecule has 4 rings (SSSR count). The topological polar surface area (TPSA) is 49.2 Å². The molecule has 2 atom stereocenters. The molecule has 0 saturated carbocycles. The summed E-state index contributed by atoms with van der Waals surface area (Å²) in [4.78, 5) is 11.5. The van der Waals surface area contributed by atoms with E-state index in [2.05, 4.69) is 47.4 Å². The van der Waals surface area contributed by atoms with Crippen molar-refractivity contribution in [1.82, 2.24) is 10.2 Å². The van der Waals surface area contributed by atoms with E-state index in [0.717, 1.165) is 42.7 Å². The van der Waals surface area contributed by atoms with Crippen molar-refractivity contribution >= 4 is 17.2 Å². The number of hydrogen-bond acceptors (Lipinski definition) is 3. The number of nitrogens with one attached hydrogen (secondary N) is 1. The van der Waals surface area contributed by atoms with Crippen molar-refractivity contribution in [2.24, 2.45) is 15.9 Å². The molecule has 2 aromatic carbocycles. The number of rotatable bonds is 5. The van der Waals surface area contributed by atoms with Gasteiger partial charge in [0.05, 0.1) is 0 Å². The van der Waals surface area contributed by atoms with Gasteiger partial charge in [-0.15, -0.1) is 0 Å². The van der Waals surface area contributed by atoms with E-state index >= 15 is 0 Å². The van der Waals surface area contributed by atoms with Gasteiger partial charge >= 0.3 is 0 Å². The van der Waals surface area contributed by atoms with Crippen LogP contribution in [0.15, 0.2) is 70.8 Å². The molecular formula is C24H28N4O. The monoisotopic (exact) mass is 388 g/mol. The summed E-state index contributed by atoms with van der Waals surface area (Å²) in [7, 11) is 0. The lowest BCUT2D eigenvalue weighted by molar-refractivity contribution is 0.212. The summed E-state index contributed by atoms with van der Waals surface area (Å²) < 4.78 is 5.93. The standard InChI is InChI=1S/C24H28N4O/c1-4-25-24-26-17(3)22-15-19(16-28(5-2)23(22)27-24)18-11-13-21(14-12-18)29-20-9-7-6-8-10-20/h6-14,16,22-23H,4-5,15H2,1-3H3,(H,25,27). The third-order valence-corrected chi connectivity index (χ3v) is 5.47. The second-order valence-electron chi connectivity index (χ2n) is 7.38. The summed E-state index contributed by atoms with van der Waals surface area (Å²) in [5.41, 5.74) is 3.70. The zero-order valence-electron chi connectivity index (χ0n) is 17.3. The van der Waals surface area contributed by atoms with Crippen molar-refractivity contribution in [1.29, 1.82) is 0 Å². The number of para-hydroxylation sites is 1. The van der Waals surface area contributed by atoms with Crippen LogP contribution >= 0.6 is 0 Å². The maximum absolute atomic E-state index is 5.93. The lowest BCUT2D eigenvalue weighted by atomic mass is 9.85. The molecule has 0 saturated heterocycles. The molecule has 5 nitrogen and oxygen atoms in total. The SMILES string of the molecule is CCN=C1N=C(C)C2CC(c3ccc(Oc4ccccc4)cc3)=CN(CC)C2N1. The Kier molecular flexibility index (Phi) is 5.65. The van der Waals surface area contributed by atoms with E-state index in [4.69, 9.17) is 9.73 Å². The zero-order chi connectivity index (χ0) is 20.2. The predicted molar refractivity (Wildman–Crippen MR) is 119 cm³/mol. The highest BCUT2D eigenvalue weighted by Gasteiger charge is 2.36. The van der Waals surface area contributed by atoms with E-state index in [1.807, 2.05) is 49.4 Å². The Bertz CT molecular complexity index is 931. The summed E-state index contributed by atoms with van der Waals surface area (Å²) in [6.45, 7) is 8.01. The van der Waals surface area contributed by atoms with Crippen LogP contribution in [0.5, 0.6) is 11.5 Å². The zero-order valence-corrected chi connectivity index (χ0v) is 17.3. The normalized spacial score (nSPS) is 22.4. The van der Waals surface area contributed by atoms with Gasteiger partial charge in [-0.05, 0) is 62.6 Å². The van der Waals surface area contributed by atoms with Gasteiger partial charge in [0.25, 0.3) is 0 Å². The van der Waals surface area contributed by atoms with Gasteiger partial charge in [0.2, 0.25) is 5.96 Å². The van der Waals surface area contributed by atoms with Gasteiger partial charge < -0.3 is 15.0 Å². The first kappa shape index (κ1) is 19.2. The van der Waals surface area contributed by atoms with Crippen LogP contribution in [-0.2, 0) is 0 Å². The number of nitrogens with zero attached hydrogens (tertiary/aromatic N) is 3. The molecule has 2 unspecified atom stereocenters. The minimum atomic E-state index is 0.215. The van der Waals surface area contributed by atoms with Gasteiger partial charge in [-0.2, -0.15) is 0 Å². The van der Waals surface area contributed by atoms with Crippen molar-refractivity contribution in [3.8, 4) is 11.5 Å². The van der Waals surface area contributed by atoms with Crippen LogP contribution in [-0.4, -0.2) is 35.8 Å². The van der Waals surface area contributed by atoms with E-state index in [1.54, 1.807) is 0 Å². The highest BCUT2D eigenvalue weighted by atomic mass is 16.5. The van der Waals surface area contributed by atoms with E-state index < -0.39 is 0 Å². The summed E-state index contributed by atoms with van der Waals surface area (Å²) in [5.74, 6) is 2.79. The number of guanidine groups is 1. The van der Waals surface area contributed by atoms with Crippen LogP contribution in [0.1, 0.15) is 32.8 Å². The first-order chi connectivity index (χ1) is 14.2. The number of aliphatic imine (C=N–C) groups is 2. The molecule has 0 fully saturated rings. The quantitative estimate of drug-likeness (QED) is 0.790. The predicted octanol–water partition coefficient (Wildman–Crippen LogP) is 4.93. The Balaban J connectivity index is 1.55. The van der Waals surface area contributed by atoms with Crippen LogP contribution in [0.3, 0.4) is 0 Å². The van der Waals surface area contributed by atoms with Crippen molar-refractivity contribution in [2.45, 2.75) is 33.4 Å². The Labute approximate surface area is 172 Å². The Morgan fingerprint density at radius 3 is 2.48 bits per heavy atom. The molecule has 0 bridgehead atoms. The Morgan fingerprint density at radius 2 is 1.79 bits per heavy atom. The smallest absolute Gasteiger partial charge is 0.219 e. The first-order valence-electron chi connectivity index (χ1n) is 10.3. The van der Waals surface area contributed by atoms with E-state index in [1.165, 1.54) is 11.1 Å². The number of allylic oxidation sites excluding steroid dienone is 1. The Morgan fingerprint density at radius 1 is 1.07 bits per heavy atom. The molecule has 0 aromatic heterocycles. The van der Waals surface area contributed by atoms with Crippen molar-refractivity contribution in [3.63, 3.8) is 0 Å². The Hall–Kier alpha value is -3.08. The third-order valence-electron chi connectivity index (χ3n) is 5.47. The summed E-state index contributed by atoms with van der Waals surface area (Å²) in [6.07, 6.45) is 3.46. The molecule has 2 aliphatic rings. The van der Waals surface area contributed by atoms with Crippen LogP contribution in [0.4, 0.5) is 0 Å². The average Bonchev–Trinajstić information content (AvgIpc) is 2.75. The lowest BCUT2D eigenvalue weighted by Gasteiger charge is -2.43. The highest BCUT2D eigenvalue weighted by molar-refractivity contribution is 6.01. The molecule has 5 heteroatoms. The minimum absolute atomic E-state index is 0.215. The fourth-order valence-corrected chi connectivity index (χ4v) is 3.96. The van der Waals surface area contributed by atoms with Crippen molar-refractivity contribution < 1.29 is 4.74 Å². The maximum atomic E-state index is 5.93. The number of ether oxygens (including phenoxy) is 1. The second kappa shape index (κ2) is 8.52. The lowest BCUT2D eigenvalue weighted by Crippen LogP contribution is -2.56. The first-order valence-corrected chi connectivity index (χ1v) is 10.3. The van der Waals surface area contributed by atoms with E-state index in [-0.39, 0.29) is 6.17 Å². The van der Waals surface area contributed by atoms with Crippen molar-refractivity contribution in [3.05, 3.63) is 66.4 Å². The number of hydrogen-bond donors (Lipinski definition) is 1. The molecule has 150 valence electrons. The molecule has 1 N–H and O–H groups in total. The highest BCUT2D eigenvalue weighted by Crippen LogP contribution is 2.34. The van der Waals surface area contributed by atoms with Gasteiger partial charge in [0.15, 0.2) is 0 Å². The second-order valence-corrected chi connectivity index (χ2v) is 7.38. The summed E-state index contributed by atoms with van der Waals surface area (Å²) in [6, 6.07) is 18.2. The summed E-state index contributed by atoms with van der Waals surface area (Å²) in [5, 5.41) is 3.52. The molecule has 2 heterocycles. The number of benzene rings is 2. The molecule has 0 radical (unpaired) electrons. The molecule has 2 aliphatic heterocycles. The summed E-state index contributed by atoms with van der Waals surface area (Å²) >= 11 is 0. The fraction of sp³-hybridized carbons (Fsp3) is 0.333. The van der Waals surface area contributed by atoms with Crippen molar-refractivity contribution in [2.75, 3.05) is 13.1 Å². The largest absolute Gasteiger partial charge is 0.457 e. The van der Waals surface area contributed by atoms with Crippen LogP contribution < -0.4 is 10.1 Å². The van der Waals surface area contributed by atoms with Crippen LogP contribution in [0.25, 0.3) is 5.57 Å². The average molecular weight is 389 g/mol. The maximum Gasteiger partial charge on any atom is 0.219 e. The molecule has 0 amide bonds. The third kappa shape index (κ3) is 4.19. The fourth-order valence-electron chi connectivity index (χ4n) is 3.96. The number of fused-ring (bicyclic) bond motifs is 1. The van der Waals surface area contributed by atoms with E-state index in [0.29, 0.717) is 5.92 Å². The molecule has 0 spiro atoms. The molecule has 2 aromatic rings. The molecule has 0 aliphatic carbocycles. The van der Waals surface area contributed by atoms with Crippen LogP contribution in [0, 0.1) is 5.92 Å². The molecular weight excluding hydrogens is 360 g/mol. The van der Waals surface area contributed by atoms with Gasteiger partial charge in [-0.1, -0.05) is 30.3 Å². The van der Waals surface area contributed by atoms with Gasteiger partial charge in [0, 0.05) is 30.9 Å². The van der Waals surface area contributed by atoms with Crippen LogP contribution in [0.2, 0.25) is 0 Å². The molecule has 29 heavy (non-hydrogen) atoms.